The summed E-state index contributed by atoms with van der Waals surface area (Å²) >= 11 is 0. The number of amides is 1. The molecule has 0 saturated carbocycles. The van der Waals surface area contributed by atoms with Crippen molar-refractivity contribution in [2.24, 2.45) is 0 Å². The van der Waals surface area contributed by atoms with Crippen molar-refractivity contribution < 1.29 is 9.53 Å². The van der Waals surface area contributed by atoms with E-state index in [0.717, 1.165) is 25.9 Å². The molecule has 1 fully saturated rings. The SMILES string of the molecule is C=CCOc1ccccc1C(=O)NC1CCNCC1.Cl. The number of halogens is 1. The average molecular weight is 297 g/mol. The minimum absolute atomic E-state index is 0. The average Bonchev–Trinajstić information content (AvgIpc) is 2.46. The van der Waals surface area contributed by atoms with Crippen molar-refractivity contribution in [3.63, 3.8) is 0 Å². The normalized spacial score (nSPS) is 15.0. The molecule has 0 bridgehead atoms. The van der Waals surface area contributed by atoms with Crippen molar-refractivity contribution in [3.8, 4) is 5.75 Å². The van der Waals surface area contributed by atoms with E-state index in [-0.39, 0.29) is 24.4 Å². The van der Waals surface area contributed by atoms with E-state index in [1.807, 2.05) is 12.1 Å². The molecule has 1 aliphatic heterocycles. The lowest BCUT2D eigenvalue weighted by atomic mass is 10.1. The molecule has 5 heteroatoms. The highest BCUT2D eigenvalue weighted by molar-refractivity contribution is 5.97. The molecule has 0 aliphatic carbocycles. The molecule has 0 atom stereocenters. The molecule has 1 heterocycles. The van der Waals surface area contributed by atoms with Crippen LogP contribution in [-0.4, -0.2) is 31.6 Å². The lowest BCUT2D eigenvalue weighted by Gasteiger charge is -2.24. The topological polar surface area (TPSA) is 50.4 Å². The van der Waals surface area contributed by atoms with E-state index in [1.54, 1.807) is 18.2 Å². The first-order valence-electron chi connectivity index (χ1n) is 6.65. The van der Waals surface area contributed by atoms with Gasteiger partial charge in [0.2, 0.25) is 0 Å². The van der Waals surface area contributed by atoms with Crippen molar-refractivity contribution in [2.75, 3.05) is 19.7 Å². The first kappa shape index (κ1) is 16.5. The van der Waals surface area contributed by atoms with Crippen molar-refractivity contribution in [3.05, 3.63) is 42.5 Å². The molecule has 110 valence electrons. The van der Waals surface area contributed by atoms with Gasteiger partial charge >= 0.3 is 0 Å². The van der Waals surface area contributed by atoms with Gasteiger partial charge in [-0.15, -0.1) is 12.4 Å². The molecule has 0 radical (unpaired) electrons. The minimum atomic E-state index is -0.0634. The van der Waals surface area contributed by atoms with Gasteiger partial charge in [0.15, 0.2) is 0 Å². The lowest BCUT2D eigenvalue weighted by Crippen LogP contribution is -2.42. The van der Waals surface area contributed by atoms with E-state index in [1.165, 1.54) is 0 Å². The van der Waals surface area contributed by atoms with Crippen LogP contribution in [0.1, 0.15) is 23.2 Å². The number of carbonyl (C=O) groups excluding carboxylic acids is 1. The van der Waals surface area contributed by atoms with Gasteiger partial charge in [0.05, 0.1) is 5.56 Å². The Kier molecular flexibility index (Phi) is 7.12. The first-order chi connectivity index (χ1) is 9.31. The van der Waals surface area contributed by atoms with Gasteiger partial charge in [-0.25, -0.2) is 0 Å². The molecule has 2 rings (SSSR count). The number of carbonyl (C=O) groups is 1. The number of hydrogen-bond donors (Lipinski definition) is 2. The van der Waals surface area contributed by atoms with Crippen molar-refractivity contribution in [1.82, 2.24) is 10.6 Å². The number of nitrogens with one attached hydrogen (secondary N) is 2. The fourth-order valence-electron chi connectivity index (χ4n) is 2.16. The maximum Gasteiger partial charge on any atom is 0.255 e. The summed E-state index contributed by atoms with van der Waals surface area (Å²) in [4.78, 5) is 12.3. The Morgan fingerprint density at radius 2 is 2.10 bits per heavy atom. The van der Waals surface area contributed by atoms with Crippen LogP contribution >= 0.6 is 12.4 Å². The summed E-state index contributed by atoms with van der Waals surface area (Å²) in [6.07, 6.45) is 3.62. The third kappa shape index (κ3) is 4.54. The van der Waals surface area contributed by atoms with Crippen LogP contribution in [0.4, 0.5) is 0 Å². The third-order valence-corrected chi connectivity index (χ3v) is 3.16. The number of para-hydroxylation sites is 1. The standard InChI is InChI=1S/C15H20N2O2.ClH/c1-2-11-19-14-6-4-3-5-13(14)15(18)17-12-7-9-16-10-8-12;/h2-6,12,16H,1,7-11H2,(H,17,18);1H. The zero-order valence-corrected chi connectivity index (χ0v) is 12.2. The molecule has 1 saturated heterocycles. The van der Waals surface area contributed by atoms with Gasteiger partial charge in [-0.2, -0.15) is 0 Å². The zero-order chi connectivity index (χ0) is 13.5. The number of benzene rings is 1. The van der Waals surface area contributed by atoms with Gasteiger partial charge in [-0.05, 0) is 38.1 Å². The Hall–Kier alpha value is -1.52. The molecule has 20 heavy (non-hydrogen) atoms. The van der Waals surface area contributed by atoms with Gasteiger partial charge < -0.3 is 15.4 Å². The third-order valence-electron chi connectivity index (χ3n) is 3.16. The maximum absolute atomic E-state index is 12.3. The second kappa shape index (κ2) is 8.61. The fourth-order valence-corrected chi connectivity index (χ4v) is 2.16. The second-order valence-electron chi connectivity index (χ2n) is 4.59. The molecule has 0 spiro atoms. The monoisotopic (exact) mass is 296 g/mol. The van der Waals surface area contributed by atoms with E-state index >= 15 is 0 Å². The molecule has 2 N–H and O–H groups in total. The van der Waals surface area contributed by atoms with Crippen LogP contribution in [0.15, 0.2) is 36.9 Å². The highest BCUT2D eigenvalue weighted by atomic mass is 35.5. The fraction of sp³-hybridized carbons (Fsp3) is 0.400. The largest absolute Gasteiger partial charge is 0.489 e. The smallest absolute Gasteiger partial charge is 0.255 e. The Bertz CT molecular complexity index is 445. The van der Waals surface area contributed by atoms with E-state index in [9.17, 15) is 4.79 Å². The molecule has 1 aliphatic rings. The Balaban J connectivity index is 0.00000200. The summed E-state index contributed by atoms with van der Waals surface area (Å²) in [5.41, 5.74) is 0.586. The van der Waals surface area contributed by atoms with E-state index < -0.39 is 0 Å². The molecule has 1 aromatic rings. The number of piperidine rings is 1. The van der Waals surface area contributed by atoms with Crippen LogP contribution in [0.5, 0.6) is 5.75 Å². The Labute approximate surface area is 126 Å². The van der Waals surface area contributed by atoms with Crippen LogP contribution in [-0.2, 0) is 0 Å². The summed E-state index contributed by atoms with van der Waals surface area (Å²) in [6.45, 7) is 5.93. The maximum atomic E-state index is 12.3. The van der Waals surface area contributed by atoms with E-state index in [4.69, 9.17) is 4.74 Å². The lowest BCUT2D eigenvalue weighted by molar-refractivity contribution is 0.0926. The van der Waals surface area contributed by atoms with Gasteiger partial charge in [0.1, 0.15) is 12.4 Å². The summed E-state index contributed by atoms with van der Waals surface area (Å²) in [6, 6.07) is 7.55. The molecular formula is C15H21ClN2O2. The van der Waals surface area contributed by atoms with Gasteiger partial charge in [-0.3, -0.25) is 4.79 Å². The van der Waals surface area contributed by atoms with Gasteiger partial charge in [-0.1, -0.05) is 24.8 Å². The predicted octanol–water partition coefficient (Wildman–Crippen LogP) is 2.16. The summed E-state index contributed by atoms with van der Waals surface area (Å²) < 4.78 is 5.51. The van der Waals surface area contributed by atoms with Crippen molar-refractivity contribution >= 4 is 18.3 Å². The van der Waals surface area contributed by atoms with E-state index in [2.05, 4.69) is 17.2 Å². The van der Waals surface area contributed by atoms with Crippen molar-refractivity contribution in [1.29, 1.82) is 0 Å². The molecule has 0 aromatic heterocycles. The number of ether oxygens (including phenoxy) is 1. The molecule has 1 amide bonds. The van der Waals surface area contributed by atoms with Crippen LogP contribution < -0.4 is 15.4 Å². The minimum Gasteiger partial charge on any atom is -0.489 e. The molecular weight excluding hydrogens is 276 g/mol. The second-order valence-corrected chi connectivity index (χ2v) is 4.59. The summed E-state index contributed by atoms with van der Waals surface area (Å²) in [7, 11) is 0. The predicted molar refractivity (Wildman–Crippen MR) is 82.7 cm³/mol. The molecule has 1 aromatic carbocycles. The molecule has 4 nitrogen and oxygen atoms in total. The highest BCUT2D eigenvalue weighted by Gasteiger charge is 2.18. The number of hydrogen-bond acceptors (Lipinski definition) is 3. The molecule has 0 unspecified atom stereocenters. The van der Waals surface area contributed by atoms with Crippen molar-refractivity contribution in [2.45, 2.75) is 18.9 Å². The quantitative estimate of drug-likeness (QED) is 0.819. The van der Waals surface area contributed by atoms with Crippen LogP contribution in [0.2, 0.25) is 0 Å². The summed E-state index contributed by atoms with van der Waals surface area (Å²) in [5.74, 6) is 0.542. The Morgan fingerprint density at radius 3 is 2.80 bits per heavy atom. The first-order valence-corrected chi connectivity index (χ1v) is 6.65. The van der Waals surface area contributed by atoms with Crippen LogP contribution in [0.3, 0.4) is 0 Å². The van der Waals surface area contributed by atoms with Crippen LogP contribution in [0, 0.1) is 0 Å². The van der Waals surface area contributed by atoms with Gasteiger partial charge in [0.25, 0.3) is 5.91 Å². The zero-order valence-electron chi connectivity index (χ0n) is 11.4. The number of rotatable bonds is 5. The summed E-state index contributed by atoms with van der Waals surface area (Å²) in [5, 5.41) is 6.35. The Morgan fingerprint density at radius 1 is 1.40 bits per heavy atom. The van der Waals surface area contributed by atoms with E-state index in [0.29, 0.717) is 17.9 Å². The van der Waals surface area contributed by atoms with Crippen LogP contribution in [0.25, 0.3) is 0 Å². The highest BCUT2D eigenvalue weighted by Crippen LogP contribution is 2.18. The van der Waals surface area contributed by atoms with Gasteiger partial charge in [0, 0.05) is 6.04 Å².